The smallest absolute Gasteiger partial charge is 0.328 e. The van der Waals surface area contributed by atoms with Crippen molar-refractivity contribution in [2.45, 2.75) is 23.5 Å². The van der Waals surface area contributed by atoms with E-state index in [1.54, 1.807) is 26.0 Å². The van der Waals surface area contributed by atoms with Crippen molar-refractivity contribution in [2.75, 3.05) is 0 Å². The highest BCUT2D eigenvalue weighted by Gasteiger charge is 2.28. The van der Waals surface area contributed by atoms with E-state index in [0.29, 0.717) is 5.56 Å². The van der Waals surface area contributed by atoms with Crippen LogP contribution in [0.25, 0.3) is 0 Å². The van der Waals surface area contributed by atoms with Crippen molar-refractivity contribution < 1.29 is 24.6 Å². The van der Waals surface area contributed by atoms with Crippen LogP contribution in [0.5, 0.6) is 0 Å². The van der Waals surface area contributed by atoms with Crippen LogP contribution in [0.2, 0.25) is 0 Å². The molecule has 1 aromatic carbocycles. The normalized spacial score (nSPS) is 11.5. The molecule has 0 radical (unpaired) electrons. The Morgan fingerprint density at radius 2 is 1.60 bits per heavy atom. The lowest BCUT2D eigenvalue weighted by Crippen LogP contribution is -2.26. The minimum absolute atomic E-state index is 0.347. The first-order chi connectivity index (χ1) is 9.22. The van der Waals surface area contributed by atoms with E-state index in [1.807, 2.05) is 0 Å². The Morgan fingerprint density at radius 3 is 2.05 bits per heavy atom. The van der Waals surface area contributed by atoms with Crippen LogP contribution in [-0.4, -0.2) is 32.7 Å². The van der Waals surface area contributed by atoms with Crippen molar-refractivity contribution in [1.82, 2.24) is 0 Å². The topological polar surface area (TPSA) is 91.7 Å². The fourth-order valence-electron chi connectivity index (χ4n) is 1.27. The van der Waals surface area contributed by atoms with E-state index < -0.39 is 22.5 Å². The standard InChI is InChI=1S/C14H14O5S/c1-14(2,13(18)19)20-10-5-3-9(4-6-10)11(15)7-8-12(16)17/h3-8H,1-2H3,(H,16,17)(H,18,19)/b8-7+. The number of hydrogen-bond acceptors (Lipinski definition) is 4. The number of carboxylic acid groups (broad SMARTS) is 2. The van der Waals surface area contributed by atoms with Crippen LogP contribution in [0.3, 0.4) is 0 Å². The van der Waals surface area contributed by atoms with Crippen LogP contribution in [-0.2, 0) is 9.59 Å². The van der Waals surface area contributed by atoms with Gasteiger partial charge in [0.25, 0.3) is 0 Å². The zero-order valence-corrected chi connectivity index (χ0v) is 11.8. The number of carboxylic acids is 2. The lowest BCUT2D eigenvalue weighted by molar-refractivity contribution is -0.139. The Hall–Kier alpha value is -2.08. The van der Waals surface area contributed by atoms with Crippen LogP contribution < -0.4 is 0 Å². The van der Waals surface area contributed by atoms with Gasteiger partial charge in [-0.15, -0.1) is 11.8 Å². The Balaban J connectivity index is 2.82. The summed E-state index contributed by atoms with van der Waals surface area (Å²) in [7, 11) is 0. The second-order valence-electron chi connectivity index (χ2n) is 4.48. The Bertz CT molecular complexity index is 557. The van der Waals surface area contributed by atoms with Crippen molar-refractivity contribution in [3.05, 3.63) is 42.0 Å². The van der Waals surface area contributed by atoms with Crippen molar-refractivity contribution in [2.24, 2.45) is 0 Å². The van der Waals surface area contributed by atoms with Crippen LogP contribution in [0, 0.1) is 0 Å². The second kappa shape index (κ2) is 6.38. The third kappa shape index (κ3) is 4.55. The summed E-state index contributed by atoms with van der Waals surface area (Å²) >= 11 is 1.17. The molecule has 0 unspecified atom stereocenters. The predicted octanol–water partition coefficient (Wildman–Crippen LogP) is 2.47. The van der Waals surface area contributed by atoms with Gasteiger partial charge < -0.3 is 10.2 Å². The Labute approximate surface area is 120 Å². The molecule has 0 saturated carbocycles. The van der Waals surface area contributed by atoms with Gasteiger partial charge in [0, 0.05) is 16.5 Å². The lowest BCUT2D eigenvalue weighted by atomic mass is 10.1. The van der Waals surface area contributed by atoms with Gasteiger partial charge in [-0.3, -0.25) is 9.59 Å². The minimum atomic E-state index is -1.19. The molecule has 0 saturated heterocycles. The molecular weight excluding hydrogens is 280 g/mol. The zero-order valence-electron chi connectivity index (χ0n) is 11.0. The van der Waals surface area contributed by atoms with Crippen LogP contribution in [0.15, 0.2) is 41.3 Å². The quantitative estimate of drug-likeness (QED) is 0.476. The molecule has 1 rings (SSSR count). The first-order valence-electron chi connectivity index (χ1n) is 5.70. The molecule has 0 amide bonds. The molecule has 106 valence electrons. The van der Waals surface area contributed by atoms with Gasteiger partial charge in [0.05, 0.1) is 0 Å². The van der Waals surface area contributed by atoms with E-state index in [9.17, 15) is 14.4 Å². The summed E-state index contributed by atoms with van der Waals surface area (Å²) in [6, 6.07) is 6.35. The van der Waals surface area contributed by atoms with E-state index in [2.05, 4.69) is 0 Å². The molecule has 20 heavy (non-hydrogen) atoms. The van der Waals surface area contributed by atoms with Crippen LogP contribution in [0.1, 0.15) is 24.2 Å². The van der Waals surface area contributed by atoms with Crippen LogP contribution >= 0.6 is 11.8 Å². The summed E-state index contributed by atoms with van der Waals surface area (Å²) in [5.41, 5.74) is 0.347. The molecule has 0 heterocycles. The zero-order chi connectivity index (χ0) is 15.3. The maximum atomic E-state index is 11.6. The molecule has 2 N–H and O–H groups in total. The maximum absolute atomic E-state index is 11.6. The summed E-state index contributed by atoms with van der Waals surface area (Å²) in [6.07, 6.45) is 1.75. The van der Waals surface area contributed by atoms with Crippen molar-refractivity contribution in [3.63, 3.8) is 0 Å². The molecule has 0 aliphatic rings. The van der Waals surface area contributed by atoms with E-state index in [0.717, 1.165) is 17.0 Å². The molecule has 0 spiro atoms. The minimum Gasteiger partial charge on any atom is -0.480 e. The summed E-state index contributed by atoms with van der Waals surface area (Å²) in [6.45, 7) is 3.18. The average molecular weight is 294 g/mol. The lowest BCUT2D eigenvalue weighted by Gasteiger charge is -2.18. The number of carbonyl (C=O) groups excluding carboxylic acids is 1. The largest absolute Gasteiger partial charge is 0.480 e. The van der Waals surface area contributed by atoms with Gasteiger partial charge in [0.2, 0.25) is 0 Å². The summed E-state index contributed by atoms with van der Waals surface area (Å²) in [5, 5.41) is 17.5. The van der Waals surface area contributed by atoms with Crippen molar-refractivity contribution in [3.8, 4) is 0 Å². The molecular formula is C14H14O5S. The monoisotopic (exact) mass is 294 g/mol. The number of allylic oxidation sites excluding steroid dienone is 1. The molecule has 0 aromatic heterocycles. The molecule has 0 aliphatic carbocycles. The molecule has 5 nitrogen and oxygen atoms in total. The van der Waals surface area contributed by atoms with Crippen LogP contribution in [0.4, 0.5) is 0 Å². The van der Waals surface area contributed by atoms with Gasteiger partial charge in [0.15, 0.2) is 5.78 Å². The fourth-order valence-corrected chi connectivity index (χ4v) is 2.22. The third-order valence-corrected chi connectivity index (χ3v) is 3.60. The van der Waals surface area contributed by atoms with Gasteiger partial charge >= 0.3 is 11.9 Å². The SMILES string of the molecule is CC(C)(Sc1ccc(C(=O)/C=C/C(=O)O)cc1)C(=O)O. The number of ketones is 1. The highest BCUT2D eigenvalue weighted by molar-refractivity contribution is 8.01. The average Bonchev–Trinajstić information content (AvgIpc) is 2.36. The number of benzene rings is 1. The maximum Gasteiger partial charge on any atom is 0.328 e. The molecule has 0 atom stereocenters. The molecule has 0 bridgehead atoms. The molecule has 0 fully saturated rings. The second-order valence-corrected chi connectivity index (χ2v) is 6.17. The van der Waals surface area contributed by atoms with E-state index in [4.69, 9.17) is 10.2 Å². The highest BCUT2D eigenvalue weighted by Crippen LogP contribution is 2.32. The van der Waals surface area contributed by atoms with E-state index in [-0.39, 0.29) is 0 Å². The van der Waals surface area contributed by atoms with Gasteiger partial charge in [-0.1, -0.05) is 0 Å². The first-order valence-corrected chi connectivity index (χ1v) is 6.52. The first kappa shape index (κ1) is 16.0. The molecule has 1 aromatic rings. The van der Waals surface area contributed by atoms with E-state index >= 15 is 0 Å². The number of thioether (sulfide) groups is 1. The number of hydrogen-bond donors (Lipinski definition) is 2. The summed E-state index contributed by atoms with van der Waals surface area (Å²) < 4.78 is -0.964. The fraction of sp³-hybridized carbons (Fsp3) is 0.214. The van der Waals surface area contributed by atoms with Gasteiger partial charge in [0.1, 0.15) is 4.75 Å². The third-order valence-electron chi connectivity index (χ3n) is 2.40. The van der Waals surface area contributed by atoms with Crippen molar-refractivity contribution >= 4 is 29.5 Å². The summed E-state index contributed by atoms with van der Waals surface area (Å²) in [5.74, 6) is -2.53. The molecule has 0 aliphatic heterocycles. The van der Waals surface area contributed by atoms with Gasteiger partial charge in [-0.2, -0.15) is 0 Å². The highest BCUT2D eigenvalue weighted by atomic mass is 32.2. The van der Waals surface area contributed by atoms with Gasteiger partial charge in [-0.25, -0.2) is 4.79 Å². The van der Waals surface area contributed by atoms with E-state index in [1.165, 1.54) is 23.9 Å². The number of aliphatic carboxylic acids is 2. The van der Waals surface area contributed by atoms with Crippen molar-refractivity contribution in [1.29, 1.82) is 0 Å². The predicted molar refractivity (Wildman–Crippen MR) is 75.1 cm³/mol. The summed E-state index contributed by atoms with van der Waals surface area (Å²) in [4.78, 5) is 33.6. The number of carbonyl (C=O) groups is 3. The van der Waals surface area contributed by atoms with Gasteiger partial charge in [-0.05, 0) is 44.2 Å². The Morgan fingerprint density at radius 1 is 1.05 bits per heavy atom. The molecule has 6 heteroatoms. The number of rotatable bonds is 6. The Kier molecular flexibility index (Phi) is 5.10.